The molecule has 0 bridgehead atoms. The minimum Gasteiger partial charge on any atom is -0.494 e. The molecule has 4 rings (SSSR count). The number of rotatable bonds is 9. The molecule has 1 aromatic heterocycles. The van der Waals surface area contributed by atoms with Gasteiger partial charge in [-0.15, -0.1) is 0 Å². The fourth-order valence-corrected chi connectivity index (χ4v) is 4.77. The van der Waals surface area contributed by atoms with E-state index in [1.807, 2.05) is 60.6 Å². The van der Waals surface area contributed by atoms with Crippen LogP contribution in [0.1, 0.15) is 69.2 Å². The van der Waals surface area contributed by atoms with Crippen LogP contribution in [0.3, 0.4) is 0 Å². The SMILES string of the molecule is CCOc1ccc(C(C)Nc2nc(N3CCN(C(C)=O)CC3)nc3c2CN(C(C)C)C3=O)c(OCC)c1. The summed E-state index contributed by atoms with van der Waals surface area (Å²) >= 11 is 0. The van der Waals surface area contributed by atoms with Crippen LogP contribution in [0.2, 0.25) is 0 Å². The number of ether oxygens (including phenoxy) is 2. The Morgan fingerprint density at radius 3 is 2.38 bits per heavy atom. The normalized spacial score (nSPS) is 16.2. The first-order valence-corrected chi connectivity index (χ1v) is 13.1. The second-order valence-corrected chi connectivity index (χ2v) is 9.65. The first kappa shape index (κ1) is 26.5. The fraction of sp³-hybridized carbons (Fsp3) is 0.556. The van der Waals surface area contributed by atoms with Crippen LogP contribution >= 0.6 is 0 Å². The van der Waals surface area contributed by atoms with Gasteiger partial charge in [-0.3, -0.25) is 9.59 Å². The molecule has 0 saturated carbocycles. The Morgan fingerprint density at radius 1 is 1.05 bits per heavy atom. The van der Waals surface area contributed by atoms with Gasteiger partial charge in [0.05, 0.1) is 25.8 Å². The quantitative estimate of drug-likeness (QED) is 0.547. The van der Waals surface area contributed by atoms with Crippen LogP contribution in [0.5, 0.6) is 11.5 Å². The summed E-state index contributed by atoms with van der Waals surface area (Å²) in [7, 11) is 0. The largest absolute Gasteiger partial charge is 0.494 e. The monoisotopic (exact) mass is 510 g/mol. The highest BCUT2D eigenvalue weighted by Crippen LogP contribution is 2.35. The maximum Gasteiger partial charge on any atom is 0.273 e. The van der Waals surface area contributed by atoms with E-state index in [2.05, 4.69) is 12.2 Å². The highest BCUT2D eigenvalue weighted by Gasteiger charge is 2.35. The smallest absolute Gasteiger partial charge is 0.273 e. The molecule has 200 valence electrons. The molecule has 1 fully saturated rings. The summed E-state index contributed by atoms with van der Waals surface area (Å²) in [5, 5.41) is 3.55. The standard InChI is InChI=1S/C27H38N6O4/c1-7-36-20-9-10-21(23(15-20)37-8-2)18(5)28-25-22-16-33(17(3)4)26(35)24(22)29-27(30-25)32-13-11-31(12-14-32)19(6)34/h9-10,15,17-18H,7-8,11-14,16H2,1-6H3,(H,28,29,30). The summed E-state index contributed by atoms with van der Waals surface area (Å²) in [6, 6.07) is 5.75. The van der Waals surface area contributed by atoms with Crippen molar-refractivity contribution in [1.82, 2.24) is 19.8 Å². The van der Waals surface area contributed by atoms with Gasteiger partial charge in [-0.1, -0.05) is 0 Å². The molecule has 1 atom stereocenters. The molecule has 2 aliphatic rings. The van der Waals surface area contributed by atoms with Crippen LogP contribution in [0, 0.1) is 0 Å². The molecular formula is C27H38N6O4. The lowest BCUT2D eigenvalue weighted by Gasteiger charge is -2.34. The van der Waals surface area contributed by atoms with Crippen molar-refractivity contribution in [1.29, 1.82) is 0 Å². The third kappa shape index (κ3) is 5.57. The van der Waals surface area contributed by atoms with Crippen LogP contribution < -0.4 is 19.7 Å². The Balaban J connectivity index is 1.67. The molecule has 37 heavy (non-hydrogen) atoms. The highest BCUT2D eigenvalue weighted by atomic mass is 16.5. The van der Waals surface area contributed by atoms with E-state index >= 15 is 0 Å². The summed E-state index contributed by atoms with van der Waals surface area (Å²) < 4.78 is 11.6. The maximum absolute atomic E-state index is 13.3. The Bertz CT molecular complexity index is 1150. The molecule has 1 aromatic carbocycles. The van der Waals surface area contributed by atoms with Crippen molar-refractivity contribution in [2.75, 3.05) is 49.6 Å². The fourth-order valence-electron chi connectivity index (χ4n) is 4.77. The Kier molecular flexibility index (Phi) is 8.04. The van der Waals surface area contributed by atoms with Crippen molar-refractivity contribution in [3.63, 3.8) is 0 Å². The summed E-state index contributed by atoms with van der Waals surface area (Å²) in [6.45, 7) is 15.6. The predicted octanol–water partition coefficient (Wildman–Crippen LogP) is 3.48. The molecule has 2 aromatic rings. The van der Waals surface area contributed by atoms with Gasteiger partial charge in [0.2, 0.25) is 11.9 Å². The van der Waals surface area contributed by atoms with Crippen molar-refractivity contribution < 1.29 is 19.1 Å². The second kappa shape index (κ2) is 11.2. The number of amides is 2. The molecule has 10 nitrogen and oxygen atoms in total. The van der Waals surface area contributed by atoms with Crippen molar-refractivity contribution in [2.45, 2.75) is 60.2 Å². The molecule has 1 saturated heterocycles. The van der Waals surface area contributed by atoms with Gasteiger partial charge in [0, 0.05) is 56.3 Å². The number of hydrogen-bond acceptors (Lipinski definition) is 8. The van der Waals surface area contributed by atoms with Gasteiger partial charge >= 0.3 is 0 Å². The van der Waals surface area contributed by atoms with E-state index < -0.39 is 0 Å². The lowest BCUT2D eigenvalue weighted by molar-refractivity contribution is -0.129. The molecule has 2 amide bonds. The highest BCUT2D eigenvalue weighted by molar-refractivity contribution is 5.98. The molecular weight excluding hydrogens is 472 g/mol. The summed E-state index contributed by atoms with van der Waals surface area (Å²) in [6.07, 6.45) is 0. The number of piperazine rings is 1. The van der Waals surface area contributed by atoms with Crippen LogP contribution in [-0.2, 0) is 11.3 Å². The zero-order chi connectivity index (χ0) is 26.7. The van der Waals surface area contributed by atoms with Gasteiger partial charge in [0.15, 0.2) is 0 Å². The molecule has 0 aliphatic carbocycles. The predicted molar refractivity (Wildman–Crippen MR) is 142 cm³/mol. The molecule has 2 aliphatic heterocycles. The van der Waals surface area contributed by atoms with Gasteiger partial charge in [0.25, 0.3) is 5.91 Å². The third-order valence-corrected chi connectivity index (χ3v) is 6.83. The molecule has 0 spiro atoms. The van der Waals surface area contributed by atoms with E-state index in [4.69, 9.17) is 19.4 Å². The van der Waals surface area contributed by atoms with Crippen molar-refractivity contribution in [2.24, 2.45) is 0 Å². The number of nitrogens with one attached hydrogen (secondary N) is 1. The Hall–Kier alpha value is -3.56. The number of nitrogens with zero attached hydrogens (tertiary/aromatic N) is 5. The second-order valence-electron chi connectivity index (χ2n) is 9.65. The van der Waals surface area contributed by atoms with E-state index in [1.54, 1.807) is 6.92 Å². The van der Waals surface area contributed by atoms with E-state index in [-0.39, 0.29) is 23.9 Å². The van der Waals surface area contributed by atoms with E-state index in [1.165, 1.54) is 0 Å². The van der Waals surface area contributed by atoms with Gasteiger partial charge in [-0.25, -0.2) is 4.98 Å². The van der Waals surface area contributed by atoms with Gasteiger partial charge < -0.3 is 29.5 Å². The molecule has 1 N–H and O–H groups in total. The van der Waals surface area contributed by atoms with Crippen LogP contribution in [0.15, 0.2) is 18.2 Å². The van der Waals surface area contributed by atoms with Crippen LogP contribution in [0.4, 0.5) is 11.8 Å². The summed E-state index contributed by atoms with van der Waals surface area (Å²) in [4.78, 5) is 40.3. The van der Waals surface area contributed by atoms with E-state index in [0.29, 0.717) is 63.4 Å². The molecule has 3 heterocycles. The zero-order valence-electron chi connectivity index (χ0n) is 22.7. The number of benzene rings is 1. The number of anilines is 2. The average molecular weight is 511 g/mol. The van der Waals surface area contributed by atoms with E-state index in [9.17, 15) is 9.59 Å². The van der Waals surface area contributed by atoms with Gasteiger partial charge in [0.1, 0.15) is 23.0 Å². The number of fused-ring (bicyclic) bond motifs is 1. The lowest BCUT2D eigenvalue weighted by atomic mass is 10.1. The first-order chi connectivity index (χ1) is 17.7. The maximum atomic E-state index is 13.3. The van der Waals surface area contributed by atoms with Crippen molar-refractivity contribution >= 4 is 23.6 Å². The van der Waals surface area contributed by atoms with E-state index in [0.717, 1.165) is 22.6 Å². The number of carbonyl (C=O) groups is 2. The molecule has 10 heteroatoms. The topological polar surface area (TPSA) is 100 Å². The lowest BCUT2D eigenvalue weighted by Crippen LogP contribution is -2.48. The first-order valence-electron chi connectivity index (χ1n) is 13.1. The number of carbonyl (C=O) groups excluding carboxylic acids is 2. The Morgan fingerprint density at radius 2 is 1.76 bits per heavy atom. The van der Waals surface area contributed by atoms with Crippen molar-refractivity contribution in [3.05, 3.63) is 35.0 Å². The zero-order valence-corrected chi connectivity index (χ0v) is 22.7. The number of hydrogen-bond donors (Lipinski definition) is 1. The minimum absolute atomic E-state index is 0.0465. The Labute approximate surface area is 218 Å². The summed E-state index contributed by atoms with van der Waals surface area (Å²) in [5.74, 6) is 2.65. The number of aromatic nitrogens is 2. The van der Waals surface area contributed by atoms with Crippen molar-refractivity contribution in [3.8, 4) is 11.5 Å². The third-order valence-electron chi connectivity index (χ3n) is 6.83. The molecule has 0 radical (unpaired) electrons. The van der Waals surface area contributed by atoms with Crippen LogP contribution in [0.25, 0.3) is 0 Å². The van der Waals surface area contributed by atoms with Gasteiger partial charge in [-0.2, -0.15) is 4.98 Å². The molecule has 1 unspecified atom stereocenters. The minimum atomic E-state index is -0.151. The van der Waals surface area contributed by atoms with Gasteiger partial charge in [-0.05, 0) is 46.8 Å². The van der Waals surface area contributed by atoms with Crippen LogP contribution in [-0.4, -0.2) is 77.0 Å². The summed E-state index contributed by atoms with van der Waals surface area (Å²) in [5.41, 5.74) is 2.22. The average Bonchev–Trinajstić information content (AvgIpc) is 3.21.